The van der Waals surface area contributed by atoms with Crippen molar-refractivity contribution in [1.29, 1.82) is 0 Å². The summed E-state index contributed by atoms with van der Waals surface area (Å²) in [6.45, 7) is 7.49. The second kappa shape index (κ2) is 4.41. The summed E-state index contributed by atoms with van der Waals surface area (Å²) in [6.07, 6.45) is 4.22. The maximum atomic E-state index is 11.2. The Hall–Kier alpha value is -1.74. The molecule has 0 saturated carbocycles. The van der Waals surface area contributed by atoms with Gasteiger partial charge in [-0.1, -0.05) is 43.1 Å². The molecule has 0 unspecified atom stereocenters. The molecule has 0 N–H and O–H groups in total. The molecule has 0 atom stereocenters. The predicted octanol–water partition coefficient (Wildman–Crippen LogP) is 3.34. The number of carbonyl (C=O) groups excluding carboxylic acids is 1. The topological polar surface area (TPSA) is 20.3 Å². The molecule has 1 aliphatic rings. The predicted molar refractivity (Wildman–Crippen MR) is 68.3 cm³/mol. The first kappa shape index (κ1) is 10.8. The second-order valence-electron chi connectivity index (χ2n) is 3.20. The Bertz CT molecular complexity index is 490. The molecule has 0 radical (unpaired) electrons. The van der Waals surface area contributed by atoms with Gasteiger partial charge in [0.2, 0.25) is 6.41 Å². The zero-order valence-corrected chi connectivity index (χ0v) is 9.54. The highest BCUT2D eigenvalue weighted by Gasteiger charge is 2.21. The fourth-order valence-corrected chi connectivity index (χ4v) is 2.64. The van der Waals surface area contributed by atoms with E-state index in [9.17, 15) is 4.79 Å². The van der Waals surface area contributed by atoms with E-state index in [1.54, 1.807) is 28.8 Å². The lowest BCUT2D eigenvalue weighted by Crippen LogP contribution is -2.23. The number of hydrogen-bond donors (Lipinski definition) is 0. The Labute approximate surface area is 99.0 Å². The summed E-state index contributed by atoms with van der Waals surface area (Å²) >= 11 is 1.60. The van der Waals surface area contributed by atoms with Crippen LogP contribution in [-0.4, -0.2) is 6.41 Å². The first-order valence-corrected chi connectivity index (χ1v) is 5.64. The van der Waals surface area contributed by atoms with Crippen LogP contribution in [0.25, 0.3) is 0 Å². The quantitative estimate of drug-likeness (QED) is 0.741. The van der Waals surface area contributed by atoms with E-state index in [2.05, 4.69) is 13.2 Å². The summed E-state index contributed by atoms with van der Waals surface area (Å²) < 4.78 is 0. The molecule has 1 aliphatic heterocycles. The van der Waals surface area contributed by atoms with Crippen LogP contribution in [0.4, 0.5) is 5.69 Å². The lowest BCUT2D eigenvalue weighted by atomic mass is 10.2. The Balaban J connectivity index is 2.61. The fraction of sp³-hybridized carbons (Fsp3) is 0. The number of nitrogens with zero attached hydrogens (tertiary/aromatic N) is 1. The van der Waals surface area contributed by atoms with E-state index in [-0.39, 0.29) is 0 Å². The number of para-hydroxylation sites is 1. The molecular formula is C13H11NOS. The molecule has 1 aromatic carbocycles. The molecule has 0 aliphatic carbocycles. The average molecular weight is 229 g/mol. The zero-order valence-electron chi connectivity index (χ0n) is 8.72. The highest BCUT2D eigenvalue weighted by Crippen LogP contribution is 2.43. The number of allylic oxidation sites excluding steroid dienone is 2. The first-order valence-electron chi connectivity index (χ1n) is 4.82. The summed E-state index contributed by atoms with van der Waals surface area (Å²) in [6, 6.07) is 7.77. The average Bonchev–Trinajstić information content (AvgIpc) is 2.36. The Morgan fingerprint density at radius 2 is 1.94 bits per heavy atom. The van der Waals surface area contributed by atoms with Gasteiger partial charge in [-0.2, -0.15) is 0 Å². The molecule has 1 aromatic rings. The molecule has 0 spiro atoms. The Morgan fingerprint density at radius 3 is 2.56 bits per heavy atom. The van der Waals surface area contributed by atoms with Crippen molar-refractivity contribution in [1.82, 2.24) is 0 Å². The van der Waals surface area contributed by atoms with Crippen molar-refractivity contribution in [2.24, 2.45) is 0 Å². The summed E-state index contributed by atoms with van der Waals surface area (Å²) in [5, 5.41) is 0. The van der Waals surface area contributed by atoms with Crippen molar-refractivity contribution in [2.45, 2.75) is 4.90 Å². The van der Waals surface area contributed by atoms with Gasteiger partial charge in [0.15, 0.2) is 0 Å². The molecule has 1 amide bonds. The van der Waals surface area contributed by atoms with Crippen LogP contribution in [0, 0.1) is 0 Å². The zero-order chi connectivity index (χ0) is 11.5. The van der Waals surface area contributed by atoms with Crippen LogP contribution in [0.5, 0.6) is 0 Å². The van der Waals surface area contributed by atoms with Crippen LogP contribution in [0.3, 0.4) is 0 Å². The van der Waals surface area contributed by atoms with Crippen molar-refractivity contribution in [3.63, 3.8) is 0 Å². The molecule has 0 saturated heterocycles. The van der Waals surface area contributed by atoms with Gasteiger partial charge in [-0.15, -0.1) is 0 Å². The number of amides is 1. The van der Waals surface area contributed by atoms with Gasteiger partial charge in [-0.3, -0.25) is 9.69 Å². The third-order valence-corrected chi connectivity index (χ3v) is 3.50. The van der Waals surface area contributed by atoms with Crippen LogP contribution >= 0.6 is 11.8 Å². The molecule has 3 heteroatoms. The van der Waals surface area contributed by atoms with Gasteiger partial charge in [-0.25, -0.2) is 0 Å². The standard InChI is InChI=1S/C13H11NOS/c1-3-10-12(4-2)16-13-8-6-5-7-11(13)14(10)9-15/h3-9H,1-2H2. The van der Waals surface area contributed by atoms with Crippen LogP contribution in [-0.2, 0) is 4.79 Å². The Kier molecular flexibility index (Phi) is 2.97. The van der Waals surface area contributed by atoms with Gasteiger partial charge < -0.3 is 0 Å². The van der Waals surface area contributed by atoms with Gasteiger partial charge in [-0.05, 0) is 18.2 Å². The summed E-state index contributed by atoms with van der Waals surface area (Å²) in [5.41, 5.74) is 1.68. The second-order valence-corrected chi connectivity index (χ2v) is 4.29. The third-order valence-electron chi connectivity index (χ3n) is 2.34. The van der Waals surface area contributed by atoms with E-state index in [1.165, 1.54) is 0 Å². The lowest BCUT2D eigenvalue weighted by molar-refractivity contribution is -0.107. The van der Waals surface area contributed by atoms with Crippen molar-refractivity contribution in [3.8, 4) is 0 Å². The maximum absolute atomic E-state index is 11.2. The number of fused-ring (bicyclic) bond motifs is 1. The van der Waals surface area contributed by atoms with Gasteiger partial charge >= 0.3 is 0 Å². The molecule has 80 valence electrons. The molecule has 2 rings (SSSR count). The number of carbonyl (C=O) groups is 1. The smallest absolute Gasteiger partial charge is 0.218 e. The highest BCUT2D eigenvalue weighted by atomic mass is 32.2. The molecule has 0 bridgehead atoms. The van der Waals surface area contributed by atoms with E-state index < -0.39 is 0 Å². The van der Waals surface area contributed by atoms with Crippen molar-refractivity contribution < 1.29 is 4.79 Å². The van der Waals surface area contributed by atoms with Crippen LogP contribution in [0.15, 0.2) is 65.1 Å². The largest absolute Gasteiger partial charge is 0.281 e. The van der Waals surface area contributed by atoms with Crippen molar-refractivity contribution in [3.05, 3.63) is 60.2 Å². The van der Waals surface area contributed by atoms with Crippen molar-refractivity contribution in [2.75, 3.05) is 4.90 Å². The molecule has 16 heavy (non-hydrogen) atoms. The number of anilines is 1. The number of benzene rings is 1. The van der Waals surface area contributed by atoms with Crippen molar-refractivity contribution >= 4 is 23.9 Å². The van der Waals surface area contributed by atoms with E-state index in [0.717, 1.165) is 27.6 Å². The van der Waals surface area contributed by atoms with Crippen LogP contribution in [0.1, 0.15) is 0 Å². The number of rotatable bonds is 3. The molecule has 1 heterocycles. The minimum absolute atomic E-state index is 0.786. The molecule has 0 aromatic heterocycles. The van der Waals surface area contributed by atoms with Crippen LogP contribution < -0.4 is 4.90 Å². The first-order chi connectivity index (χ1) is 7.81. The van der Waals surface area contributed by atoms with Crippen LogP contribution in [0.2, 0.25) is 0 Å². The van der Waals surface area contributed by atoms with Gasteiger partial charge in [0.1, 0.15) is 0 Å². The highest BCUT2D eigenvalue weighted by molar-refractivity contribution is 8.03. The summed E-state index contributed by atoms with van der Waals surface area (Å²) in [7, 11) is 0. The normalized spacial score (nSPS) is 14.4. The minimum Gasteiger partial charge on any atom is -0.281 e. The molecular weight excluding hydrogens is 218 g/mol. The Morgan fingerprint density at radius 1 is 1.19 bits per heavy atom. The fourth-order valence-electron chi connectivity index (χ4n) is 1.62. The number of thioether (sulfide) groups is 1. The third kappa shape index (κ3) is 1.59. The van der Waals surface area contributed by atoms with Gasteiger partial charge in [0, 0.05) is 9.80 Å². The van der Waals surface area contributed by atoms with E-state index in [4.69, 9.17) is 0 Å². The van der Waals surface area contributed by atoms with E-state index in [1.807, 2.05) is 24.3 Å². The summed E-state index contributed by atoms with van der Waals surface area (Å²) in [4.78, 5) is 14.7. The molecule has 2 nitrogen and oxygen atoms in total. The molecule has 0 fully saturated rings. The van der Waals surface area contributed by atoms with E-state index >= 15 is 0 Å². The van der Waals surface area contributed by atoms with Gasteiger partial charge in [0.25, 0.3) is 0 Å². The number of hydrogen-bond acceptors (Lipinski definition) is 2. The minimum atomic E-state index is 0.786. The monoisotopic (exact) mass is 229 g/mol. The van der Waals surface area contributed by atoms with E-state index in [0.29, 0.717) is 0 Å². The lowest BCUT2D eigenvalue weighted by Gasteiger charge is -2.27. The van der Waals surface area contributed by atoms with Gasteiger partial charge in [0.05, 0.1) is 11.4 Å². The SMILES string of the molecule is C=CC1=C(C=C)N(C=O)c2ccccc2S1. The summed E-state index contributed by atoms with van der Waals surface area (Å²) in [5.74, 6) is 0. The maximum Gasteiger partial charge on any atom is 0.218 e.